The molecule has 1 aromatic carbocycles. The number of hydrogen-bond donors (Lipinski definition) is 1. The van der Waals surface area contributed by atoms with Gasteiger partial charge in [0.25, 0.3) is 0 Å². The summed E-state index contributed by atoms with van der Waals surface area (Å²) in [5, 5.41) is 8.77. The number of oxazole rings is 1. The lowest BCUT2D eigenvalue weighted by molar-refractivity contribution is 0.0696. The highest BCUT2D eigenvalue weighted by molar-refractivity contribution is 9.10. The highest BCUT2D eigenvalue weighted by Gasteiger charge is 2.11. The van der Waals surface area contributed by atoms with Crippen molar-refractivity contribution in [3.63, 3.8) is 0 Å². The number of aromatic nitrogens is 1. The molecule has 1 heterocycles. The molecule has 0 saturated carbocycles. The van der Waals surface area contributed by atoms with Crippen LogP contribution in [0.25, 0.3) is 11.1 Å². The van der Waals surface area contributed by atoms with Gasteiger partial charge in [0.2, 0.25) is 0 Å². The van der Waals surface area contributed by atoms with Gasteiger partial charge in [-0.05, 0) is 28.1 Å². The molecule has 0 aliphatic carbocycles. The van der Waals surface area contributed by atoms with Crippen molar-refractivity contribution in [1.29, 1.82) is 0 Å². The molecular weight excluding hydrogens is 238 g/mol. The lowest BCUT2D eigenvalue weighted by Gasteiger charge is -1.96. The van der Waals surface area contributed by atoms with Crippen molar-refractivity contribution < 1.29 is 14.3 Å². The summed E-state index contributed by atoms with van der Waals surface area (Å²) in [7, 11) is 0. The number of carbonyl (C=O) groups is 1. The first kappa shape index (κ1) is 8.25. The van der Waals surface area contributed by atoms with E-state index in [0.717, 1.165) is 0 Å². The molecule has 1 N–H and O–H groups in total. The van der Waals surface area contributed by atoms with Crippen molar-refractivity contribution in [2.75, 3.05) is 0 Å². The number of aromatic carboxylic acids is 1. The number of carboxylic acid groups (broad SMARTS) is 1. The average Bonchev–Trinajstić information content (AvgIpc) is 2.48. The predicted molar refractivity (Wildman–Crippen MR) is 48.7 cm³/mol. The van der Waals surface area contributed by atoms with E-state index in [2.05, 4.69) is 20.9 Å². The van der Waals surface area contributed by atoms with E-state index in [1.807, 2.05) is 0 Å². The molecule has 0 fully saturated rings. The van der Waals surface area contributed by atoms with E-state index < -0.39 is 5.97 Å². The van der Waals surface area contributed by atoms with Crippen LogP contribution in [0.5, 0.6) is 0 Å². The van der Waals surface area contributed by atoms with Crippen LogP contribution in [0.1, 0.15) is 10.4 Å². The summed E-state index contributed by atoms with van der Waals surface area (Å²) in [6, 6.07) is 3.05. The van der Waals surface area contributed by atoms with Crippen LogP contribution in [0.3, 0.4) is 0 Å². The van der Waals surface area contributed by atoms with E-state index in [4.69, 9.17) is 9.52 Å². The van der Waals surface area contributed by atoms with E-state index in [9.17, 15) is 4.79 Å². The van der Waals surface area contributed by atoms with E-state index in [0.29, 0.717) is 15.6 Å². The van der Waals surface area contributed by atoms with E-state index in [1.165, 1.54) is 12.5 Å². The zero-order chi connectivity index (χ0) is 9.42. The maximum atomic E-state index is 10.7. The van der Waals surface area contributed by atoms with Gasteiger partial charge >= 0.3 is 5.97 Å². The Morgan fingerprint density at radius 1 is 1.54 bits per heavy atom. The second-order valence-corrected chi connectivity index (χ2v) is 3.31. The third kappa shape index (κ3) is 1.31. The Balaban J connectivity index is 2.76. The first-order valence-electron chi connectivity index (χ1n) is 3.44. The summed E-state index contributed by atoms with van der Waals surface area (Å²) >= 11 is 3.13. The van der Waals surface area contributed by atoms with Crippen molar-refractivity contribution in [2.24, 2.45) is 0 Å². The Kier molecular flexibility index (Phi) is 1.81. The number of rotatable bonds is 1. The van der Waals surface area contributed by atoms with E-state index in [1.54, 1.807) is 6.07 Å². The molecule has 2 rings (SSSR count). The van der Waals surface area contributed by atoms with Crippen LogP contribution < -0.4 is 0 Å². The minimum absolute atomic E-state index is 0.182. The molecule has 0 saturated heterocycles. The smallest absolute Gasteiger partial charge is 0.336 e. The molecule has 0 aliphatic rings. The van der Waals surface area contributed by atoms with Crippen LogP contribution in [0.4, 0.5) is 0 Å². The summed E-state index contributed by atoms with van der Waals surface area (Å²) in [6.07, 6.45) is 1.28. The van der Waals surface area contributed by atoms with Gasteiger partial charge in [-0.25, -0.2) is 9.78 Å². The van der Waals surface area contributed by atoms with Gasteiger partial charge in [-0.1, -0.05) is 0 Å². The predicted octanol–water partition coefficient (Wildman–Crippen LogP) is 2.29. The molecule has 5 heteroatoms. The van der Waals surface area contributed by atoms with Crippen molar-refractivity contribution in [1.82, 2.24) is 4.98 Å². The Labute approximate surface area is 81.3 Å². The zero-order valence-corrected chi connectivity index (χ0v) is 7.91. The topological polar surface area (TPSA) is 63.3 Å². The third-order valence-corrected chi connectivity index (χ3v) is 2.31. The lowest BCUT2D eigenvalue weighted by atomic mass is 10.2. The average molecular weight is 242 g/mol. The fraction of sp³-hybridized carbons (Fsp3) is 0. The van der Waals surface area contributed by atoms with Crippen LogP contribution in [0, 0.1) is 0 Å². The Morgan fingerprint density at radius 2 is 2.31 bits per heavy atom. The van der Waals surface area contributed by atoms with E-state index >= 15 is 0 Å². The van der Waals surface area contributed by atoms with Crippen LogP contribution in [0.15, 0.2) is 27.4 Å². The first-order chi connectivity index (χ1) is 6.18. The number of carboxylic acids is 1. The molecule has 0 aliphatic heterocycles. The minimum Gasteiger partial charge on any atom is -0.478 e. The van der Waals surface area contributed by atoms with Gasteiger partial charge < -0.3 is 9.52 Å². The third-order valence-electron chi connectivity index (χ3n) is 1.65. The summed E-state index contributed by atoms with van der Waals surface area (Å²) in [5.74, 6) is -0.989. The summed E-state index contributed by atoms with van der Waals surface area (Å²) < 4.78 is 5.49. The minimum atomic E-state index is -0.989. The van der Waals surface area contributed by atoms with Gasteiger partial charge in [0, 0.05) is 4.47 Å². The number of hydrogen-bond acceptors (Lipinski definition) is 3. The van der Waals surface area contributed by atoms with Gasteiger partial charge in [0.1, 0.15) is 5.52 Å². The quantitative estimate of drug-likeness (QED) is 0.833. The first-order valence-corrected chi connectivity index (χ1v) is 4.24. The van der Waals surface area contributed by atoms with Crippen LogP contribution in [-0.2, 0) is 0 Å². The van der Waals surface area contributed by atoms with Crippen molar-refractivity contribution in [3.05, 3.63) is 28.6 Å². The molecule has 2 aromatic rings. The maximum Gasteiger partial charge on any atom is 0.336 e. The second kappa shape index (κ2) is 2.85. The molecule has 0 bridgehead atoms. The van der Waals surface area contributed by atoms with Crippen molar-refractivity contribution in [2.45, 2.75) is 0 Å². The fourth-order valence-electron chi connectivity index (χ4n) is 1.04. The Bertz CT molecular complexity index is 477. The second-order valence-electron chi connectivity index (χ2n) is 2.46. The number of halogens is 1. The summed E-state index contributed by atoms with van der Waals surface area (Å²) in [5.41, 5.74) is 1.29. The molecule has 0 spiro atoms. The van der Waals surface area contributed by atoms with Crippen molar-refractivity contribution in [3.8, 4) is 0 Å². The number of fused-ring (bicyclic) bond motifs is 1. The summed E-state index contributed by atoms with van der Waals surface area (Å²) in [6.45, 7) is 0. The molecule has 0 atom stereocenters. The Hall–Kier alpha value is -1.36. The lowest BCUT2D eigenvalue weighted by Crippen LogP contribution is -1.96. The molecule has 66 valence electrons. The summed E-state index contributed by atoms with van der Waals surface area (Å²) in [4.78, 5) is 14.6. The highest BCUT2D eigenvalue weighted by Crippen LogP contribution is 2.23. The molecule has 0 unspecified atom stereocenters. The zero-order valence-electron chi connectivity index (χ0n) is 6.32. The monoisotopic (exact) mass is 241 g/mol. The number of nitrogens with zero attached hydrogens (tertiary/aromatic N) is 1. The van der Waals surface area contributed by atoms with Gasteiger partial charge in [0.05, 0.1) is 5.56 Å². The van der Waals surface area contributed by atoms with Crippen LogP contribution >= 0.6 is 15.9 Å². The standard InChI is InChI=1S/C8H4BrNO3/c9-5-2-7-6(10-3-13-7)1-4(5)8(11)12/h1-3H,(H,11,12). The maximum absolute atomic E-state index is 10.7. The largest absolute Gasteiger partial charge is 0.478 e. The van der Waals surface area contributed by atoms with Crippen molar-refractivity contribution >= 4 is 33.0 Å². The van der Waals surface area contributed by atoms with Crippen LogP contribution in [-0.4, -0.2) is 16.1 Å². The molecule has 1 aromatic heterocycles. The molecule has 0 amide bonds. The molecular formula is C8H4BrNO3. The van der Waals surface area contributed by atoms with E-state index in [-0.39, 0.29) is 5.56 Å². The fourth-order valence-corrected chi connectivity index (χ4v) is 1.53. The van der Waals surface area contributed by atoms with Gasteiger partial charge in [-0.15, -0.1) is 0 Å². The van der Waals surface area contributed by atoms with Gasteiger partial charge in [-0.2, -0.15) is 0 Å². The molecule has 4 nitrogen and oxygen atoms in total. The van der Waals surface area contributed by atoms with Crippen LogP contribution in [0.2, 0.25) is 0 Å². The Morgan fingerprint density at radius 3 is 3.00 bits per heavy atom. The number of benzene rings is 1. The normalized spacial score (nSPS) is 10.5. The van der Waals surface area contributed by atoms with Gasteiger partial charge in [0.15, 0.2) is 12.0 Å². The SMILES string of the molecule is O=C(O)c1cc2ncoc2cc1Br. The molecule has 13 heavy (non-hydrogen) atoms. The van der Waals surface area contributed by atoms with Gasteiger partial charge in [-0.3, -0.25) is 0 Å². The highest BCUT2D eigenvalue weighted by atomic mass is 79.9. The molecule has 0 radical (unpaired) electrons.